The molecule has 1 fully saturated rings. The van der Waals surface area contributed by atoms with E-state index in [0.717, 1.165) is 36.1 Å². The van der Waals surface area contributed by atoms with Crippen LogP contribution in [0.2, 0.25) is 0 Å². The Morgan fingerprint density at radius 2 is 1.85 bits per heavy atom. The lowest BCUT2D eigenvalue weighted by molar-refractivity contribution is 0.551. The lowest BCUT2D eigenvalue weighted by Crippen LogP contribution is -2.37. The number of rotatable bonds is 4. The minimum absolute atomic E-state index is 0. The molecule has 1 atom stereocenters. The molecule has 1 saturated heterocycles. The van der Waals surface area contributed by atoms with Crippen molar-refractivity contribution in [2.75, 3.05) is 13.1 Å². The number of aryl methyl sites for hydroxylation is 3. The fraction of sp³-hybridized carbons (Fsp3) is 0.571. The molecule has 0 saturated carbocycles. The van der Waals surface area contributed by atoms with E-state index >= 15 is 0 Å². The Kier molecular flexibility index (Phi) is 6.01. The van der Waals surface area contributed by atoms with E-state index in [-0.39, 0.29) is 18.4 Å². The van der Waals surface area contributed by atoms with Gasteiger partial charge in [0.1, 0.15) is 0 Å². The molecule has 1 aliphatic heterocycles. The summed E-state index contributed by atoms with van der Waals surface area (Å²) in [4.78, 5) is 0.427. The Hall–Kier alpha value is -0.620. The van der Waals surface area contributed by atoms with Gasteiger partial charge >= 0.3 is 0 Å². The van der Waals surface area contributed by atoms with Gasteiger partial charge in [0.15, 0.2) is 0 Å². The highest BCUT2D eigenvalue weighted by molar-refractivity contribution is 7.89. The van der Waals surface area contributed by atoms with Crippen molar-refractivity contribution in [1.29, 1.82) is 0 Å². The van der Waals surface area contributed by atoms with Crippen molar-refractivity contribution in [2.24, 2.45) is 0 Å². The van der Waals surface area contributed by atoms with Gasteiger partial charge in [-0.05, 0) is 51.3 Å². The molecule has 1 aromatic rings. The first-order valence-electron chi connectivity index (χ1n) is 6.71. The van der Waals surface area contributed by atoms with Crippen molar-refractivity contribution < 1.29 is 8.42 Å². The number of hydrogen-bond acceptors (Lipinski definition) is 3. The minimum atomic E-state index is -3.42. The summed E-state index contributed by atoms with van der Waals surface area (Å²) < 4.78 is 27.5. The molecule has 0 bridgehead atoms. The monoisotopic (exact) mass is 318 g/mol. The summed E-state index contributed by atoms with van der Waals surface area (Å²) in [5.74, 6) is 0. The quantitative estimate of drug-likeness (QED) is 0.893. The molecule has 0 aromatic heterocycles. The van der Waals surface area contributed by atoms with Crippen LogP contribution < -0.4 is 10.0 Å². The third-order valence-electron chi connectivity index (χ3n) is 3.56. The summed E-state index contributed by atoms with van der Waals surface area (Å²) in [6, 6.07) is 4.09. The maximum Gasteiger partial charge on any atom is 0.241 e. The molecule has 0 radical (unpaired) electrons. The van der Waals surface area contributed by atoms with E-state index in [0.29, 0.717) is 11.4 Å². The van der Waals surface area contributed by atoms with Crippen LogP contribution in [-0.2, 0) is 10.0 Å². The highest BCUT2D eigenvalue weighted by atomic mass is 35.5. The van der Waals surface area contributed by atoms with E-state index in [1.54, 1.807) is 0 Å². The van der Waals surface area contributed by atoms with Crippen molar-refractivity contribution in [3.8, 4) is 0 Å². The van der Waals surface area contributed by atoms with Crippen molar-refractivity contribution in [3.63, 3.8) is 0 Å². The zero-order chi connectivity index (χ0) is 14.0. The zero-order valence-corrected chi connectivity index (χ0v) is 13.8. The first-order valence-corrected chi connectivity index (χ1v) is 8.19. The largest absolute Gasteiger partial charge is 0.313 e. The molecule has 0 spiro atoms. The third kappa shape index (κ3) is 3.95. The van der Waals surface area contributed by atoms with E-state index in [4.69, 9.17) is 0 Å². The summed E-state index contributed by atoms with van der Waals surface area (Å²) in [5, 5.41) is 3.29. The molecule has 6 heteroatoms. The molecule has 4 nitrogen and oxygen atoms in total. The smallest absolute Gasteiger partial charge is 0.241 e. The minimum Gasteiger partial charge on any atom is -0.313 e. The second-order valence-electron chi connectivity index (χ2n) is 5.37. The highest BCUT2D eigenvalue weighted by Crippen LogP contribution is 2.21. The average molecular weight is 319 g/mol. The molecular weight excluding hydrogens is 296 g/mol. The fourth-order valence-corrected chi connectivity index (χ4v) is 4.33. The Morgan fingerprint density at radius 3 is 2.35 bits per heavy atom. The summed E-state index contributed by atoms with van der Waals surface area (Å²) >= 11 is 0. The topological polar surface area (TPSA) is 58.2 Å². The van der Waals surface area contributed by atoms with E-state index in [2.05, 4.69) is 10.0 Å². The number of hydrogen-bond donors (Lipinski definition) is 2. The number of benzene rings is 1. The lowest BCUT2D eigenvalue weighted by Gasteiger charge is -2.15. The second-order valence-corrected chi connectivity index (χ2v) is 7.08. The van der Waals surface area contributed by atoms with Gasteiger partial charge in [0.2, 0.25) is 10.0 Å². The number of sulfonamides is 1. The van der Waals surface area contributed by atoms with Crippen LogP contribution >= 0.6 is 12.4 Å². The van der Waals surface area contributed by atoms with Crippen LogP contribution in [0.4, 0.5) is 0 Å². The maximum atomic E-state index is 12.4. The standard InChI is InChI=1S/C14H22N2O2S.ClH/c1-10-7-11(2)14(12(3)8-10)19(17,18)16-9-13-5-4-6-15-13;/h7-8,13,15-16H,4-6,9H2,1-3H3;1H. The van der Waals surface area contributed by atoms with Gasteiger partial charge < -0.3 is 5.32 Å². The van der Waals surface area contributed by atoms with Gasteiger partial charge in [0.05, 0.1) is 4.90 Å². The molecule has 0 aliphatic carbocycles. The lowest BCUT2D eigenvalue weighted by atomic mass is 10.1. The van der Waals surface area contributed by atoms with Gasteiger partial charge in [-0.1, -0.05) is 17.7 Å². The van der Waals surface area contributed by atoms with E-state index in [9.17, 15) is 8.42 Å². The van der Waals surface area contributed by atoms with Crippen LogP contribution in [-0.4, -0.2) is 27.5 Å². The molecule has 2 N–H and O–H groups in total. The van der Waals surface area contributed by atoms with E-state index in [1.165, 1.54) is 0 Å². The normalized spacial score (nSPS) is 18.9. The predicted molar refractivity (Wildman–Crippen MR) is 84.1 cm³/mol. The molecule has 20 heavy (non-hydrogen) atoms. The Morgan fingerprint density at radius 1 is 1.25 bits per heavy atom. The molecule has 2 rings (SSSR count). The molecule has 0 amide bonds. The van der Waals surface area contributed by atoms with Crippen LogP contribution in [0.3, 0.4) is 0 Å². The van der Waals surface area contributed by atoms with Crippen LogP contribution in [0, 0.1) is 20.8 Å². The van der Waals surface area contributed by atoms with Gasteiger partial charge in [-0.2, -0.15) is 0 Å². The Bertz CT molecular complexity index is 544. The summed E-state index contributed by atoms with van der Waals surface area (Å²) in [6.45, 7) is 7.13. The summed E-state index contributed by atoms with van der Waals surface area (Å²) in [5.41, 5.74) is 2.71. The molecule has 1 unspecified atom stereocenters. The van der Waals surface area contributed by atoms with E-state index in [1.807, 2.05) is 32.9 Å². The Labute approximate surface area is 127 Å². The molecular formula is C14H23ClN2O2S. The van der Waals surface area contributed by atoms with Crippen LogP contribution in [0.15, 0.2) is 17.0 Å². The molecule has 1 heterocycles. The summed E-state index contributed by atoms with van der Waals surface area (Å²) in [7, 11) is -3.42. The van der Waals surface area contributed by atoms with Crippen molar-refractivity contribution >= 4 is 22.4 Å². The number of nitrogens with one attached hydrogen (secondary N) is 2. The van der Waals surface area contributed by atoms with Gasteiger partial charge in [0, 0.05) is 12.6 Å². The van der Waals surface area contributed by atoms with Gasteiger partial charge in [-0.3, -0.25) is 0 Å². The first kappa shape index (κ1) is 17.4. The Balaban J connectivity index is 0.00000200. The molecule has 1 aromatic carbocycles. The van der Waals surface area contributed by atoms with Crippen molar-refractivity contribution in [3.05, 3.63) is 28.8 Å². The van der Waals surface area contributed by atoms with Crippen molar-refractivity contribution in [1.82, 2.24) is 10.0 Å². The van der Waals surface area contributed by atoms with Crippen molar-refractivity contribution in [2.45, 2.75) is 44.6 Å². The van der Waals surface area contributed by atoms with E-state index < -0.39 is 10.0 Å². The molecule has 114 valence electrons. The van der Waals surface area contributed by atoms with Gasteiger partial charge in [-0.25, -0.2) is 13.1 Å². The average Bonchev–Trinajstić information content (AvgIpc) is 2.77. The fourth-order valence-electron chi connectivity index (χ4n) is 2.80. The summed E-state index contributed by atoms with van der Waals surface area (Å²) in [6.07, 6.45) is 2.16. The highest BCUT2D eigenvalue weighted by Gasteiger charge is 2.22. The predicted octanol–water partition coefficient (Wildman–Crippen LogP) is 2.06. The van der Waals surface area contributed by atoms with Crippen LogP contribution in [0.1, 0.15) is 29.5 Å². The van der Waals surface area contributed by atoms with Crippen LogP contribution in [0.25, 0.3) is 0 Å². The second kappa shape index (κ2) is 6.89. The SMILES string of the molecule is Cc1cc(C)c(S(=O)(=O)NCC2CCCN2)c(C)c1.Cl. The number of halogens is 1. The third-order valence-corrected chi connectivity index (χ3v) is 5.28. The van der Waals surface area contributed by atoms with Gasteiger partial charge in [0.25, 0.3) is 0 Å². The van der Waals surface area contributed by atoms with Gasteiger partial charge in [-0.15, -0.1) is 12.4 Å². The van der Waals surface area contributed by atoms with Crippen LogP contribution in [0.5, 0.6) is 0 Å². The zero-order valence-electron chi connectivity index (χ0n) is 12.2. The molecule has 1 aliphatic rings. The maximum absolute atomic E-state index is 12.4. The first-order chi connectivity index (χ1) is 8.90.